The van der Waals surface area contributed by atoms with E-state index in [4.69, 9.17) is 4.42 Å². The molecule has 1 heterocycles. The van der Waals surface area contributed by atoms with Crippen molar-refractivity contribution in [3.63, 3.8) is 0 Å². The highest BCUT2D eigenvalue weighted by Crippen LogP contribution is 2.28. The standard InChI is InChI=1S/C15H25N5O2/c1-4-16-15(18-8-7-17-14(21)12-5-6-12)19-9-13-20-10(2)11(3)22-13/h12H,4-9H2,1-3H3,(H,17,21)(H2,16,18,19). The molecule has 122 valence electrons. The normalized spacial score (nSPS) is 14.8. The average molecular weight is 307 g/mol. The van der Waals surface area contributed by atoms with Crippen LogP contribution in [0.1, 0.15) is 37.1 Å². The Hall–Kier alpha value is -2.05. The van der Waals surface area contributed by atoms with E-state index in [1.54, 1.807) is 0 Å². The molecule has 0 aliphatic heterocycles. The second-order valence-electron chi connectivity index (χ2n) is 5.44. The van der Waals surface area contributed by atoms with Gasteiger partial charge >= 0.3 is 0 Å². The molecule has 0 atom stereocenters. The van der Waals surface area contributed by atoms with Crippen molar-refractivity contribution in [1.82, 2.24) is 20.9 Å². The lowest BCUT2D eigenvalue weighted by atomic mass is 10.4. The van der Waals surface area contributed by atoms with E-state index in [1.807, 2.05) is 20.8 Å². The van der Waals surface area contributed by atoms with Crippen molar-refractivity contribution in [2.45, 2.75) is 40.2 Å². The van der Waals surface area contributed by atoms with Crippen LogP contribution in [0.15, 0.2) is 9.41 Å². The summed E-state index contributed by atoms with van der Waals surface area (Å²) in [5.74, 6) is 2.53. The van der Waals surface area contributed by atoms with Gasteiger partial charge in [-0.05, 0) is 33.6 Å². The topological polar surface area (TPSA) is 91.6 Å². The SMILES string of the molecule is CCNC(=NCc1nc(C)c(C)o1)NCCNC(=O)C1CC1. The first-order valence-electron chi connectivity index (χ1n) is 7.83. The van der Waals surface area contributed by atoms with E-state index >= 15 is 0 Å². The fourth-order valence-corrected chi connectivity index (χ4v) is 1.95. The van der Waals surface area contributed by atoms with Crippen molar-refractivity contribution in [3.8, 4) is 0 Å². The van der Waals surface area contributed by atoms with Gasteiger partial charge in [0.05, 0.1) is 5.69 Å². The maximum atomic E-state index is 11.5. The molecule has 0 radical (unpaired) electrons. The summed E-state index contributed by atoms with van der Waals surface area (Å²) in [6.45, 7) is 8.19. The number of nitrogens with zero attached hydrogens (tertiary/aromatic N) is 2. The molecule has 1 aromatic heterocycles. The number of guanidine groups is 1. The molecule has 1 amide bonds. The van der Waals surface area contributed by atoms with Gasteiger partial charge in [0, 0.05) is 25.6 Å². The largest absolute Gasteiger partial charge is 0.444 e. The number of aromatic nitrogens is 1. The highest BCUT2D eigenvalue weighted by atomic mass is 16.4. The van der Waals surface area contributed by atoms with Crippen molar-refractivity contribution >= 4 is 11.9 Å². The van der Waals surface area contributed by atoms with Crippen LogP contribution in [-0.2, 0) is 11.3 Å². The molecule has 7 heteroatoms. The Balaban J connectivity index is 1.75. The number of carbonyl (C=O) groups is 1. The molecule has 0 saturated heterocycles. The zero-order valence-electron chi connectivity index (χ0n) is 13.5. The fourth-order valence-electron chi connectivity index (χ4n) is 1.95. The molecular formula is C15H25N5O2. The zero-order valence-corrected chi connectivity index (χ0v) is 13.5. The van der Waals surface area contributed by atoms with Gasteiger partial charge in [-0.2, -0.15) is 0 Å². The lowest BCUT2D eigenvalue weighted by Crippen LogP contribution is -2.41. The van der Waals surface area contributed by atoms with Gasteiger partial charge in [-0.15, -0.1) is 0 Å². The van der Waals surface area contributed by atoms with Crippen LogP contribution in [0, 0.1) is 19.8 Å². The Bertz CT molecular complexity index is 515. The summed E-state index contributed by atoms with van der Waals surface area (Å²) in [5.41, 5.74) is 0.894. The van der Waals surface area contributed by atoms with Gasteiger partial charge < -0.3 is 20.4 Å². The van der Waals surface area contributed by atoms with E-state index in [2.05, 4.69) is 25.9 Å². The summed E-state index contributed by atoms with van der Waals surface area (Å²) >= 11 is 0. The number of carbonyl (C=O) groups excluding carboxylic acids is 1. The number of nitrogens with one attached hydrogen (secondary N) is 3. The van der Waals surface area contributed by atoms with Crippen molar-refractivity contribution in [2.75, 3.05) is 19.6 Å². The summed E-state index contributed by atoms with van der Waals surface area (Å²) in [4.78, 5) is 20.2. The van der Waals surface area contributed by atoms with Gasteiger partial charge in [-0.25, -0.2) is 9.98 Å². The van der Waals surface area contributed by atoms with Crippen molar-refractivity contribution in [1.29, 1.82) is 0 Å². The van der Waals surface area contributed by atoms with Crippen LogP contribution in [0.5, 0.6) is 0 Å². The minimum Gasteiger partial charge on any atom is -0.444 e. The molecular weight excluding hydrogens is 282 g/mol. The van der Waals surface area contributed by atoms with Gasteiger partial charge in [0.25, 0.3) is 0 Å². The second kappa shape index (κ2) is 7.82. The van der Waals surface area contributed by atoms with Crippen LogP contribution in [0.3, 0.4) is 0 Å². The van der Waals surface area contributed by atoms with Gasteiger partial charge in [0.2, 0.25) is 11.8 Å². The maximum Gasteiger partial charge on any atom is 0.223 e. The van der Waals surface area contributed by atoms with E-state index < -0.39 is 0 Å². The monoisotopic (exact) mass is 307 g/mol. The summed E-state index contributed by atoms with van der Waals surface area (Å²) < 4.78 is 5.50. The lowest BCUT2D eigenvalue weighted by Gasteiger charge is -2.11. The third kappa shape index (κ3) is 5.05. The predicted octanol–water partition coefficient (Wildman–Crippen LogP) is 0.873. The van der Waals surface area contributed by atoms with Crippen LogP contribution in [0.2, 0.25) is 0 Å². The first-order valence-corrected chi connectivity index (χ1v) is 7.83. The van der Waals surface area contributed by atoms with Crippen LogP contribution in [0.4, 0.5) is 0 Å². The quantitative estimate of drug-likeness (QED) is 0.395. The maximum absolute atomic E-state index is 11.5. The van der Waals surface area contributed by atoms with E-state index in [-0.39, 0.29) is 11.8 Å². The third-order valence-electron chi connectivity index (χ3n) is 3.45. The van der Waals surface area contributed by atoms with Crippen LogP contribution < -0.4 is 16.0 Å². The smallest absolute Gasteiger partial charge is 0.223 e. The second-order valence-corrected chi connectivity index (χ2v) is 5.44. The van der Waals surface area contributed by atoms with Crippen LogP contribution in [-0.4, -0.2) is 36.5 Å². The molecule has 1 saturated carbocycles. The lowest BCUT2D eigenvalue weighted by molar-refractivity contribution is -0.122. The zero-order chi connectivity index (χ0) is 15.9. The highest BCUT2D eigenvalue weighted by molar-refractivity contribution is 5.81. The molecule has 1 aliphatic rings. The minimum absolute atomic E-state index is 0.162. The molecule has 0 spiro atoms. The number of hydrogen-bond acceptors (Lipinski definition) is 4. The Labute approximate surface area is 131 Å². The molecule has 1 aromatic rings. The molecule has 0 unspecified atom stereocenters. The number of rotatable bonds is 7. The predicted molar refractivity (Wildman–Crippen MR) is 84.5 cm³/mol. The average Bonchev–Trinajstić information content (AvgIpc) is 3.28. The van der Waals surface area contributed by atoms with Crippen molar-refractivity contribution in [2.24, 2.45) is 10.9 Å². The first-order chi connectivity index (χ1) is 10.6. The molecule has 2 rings (SSSR count). The Morgan fingerprint density at radius 1 is 1.27 bits per heavy atom. The number of hydrogen-bond donors (Lipinski definition) is 3. The summed E-state index contributed by atoms with van der Waals surface area (Å²) in [6.07, 6.45) is 2.05. The number of aryl methyl sites for hydroxylation is 2. The number of amides is 1. The van der Waals surface area contributed by atoms with Gasteiger partial charge in [-0.1, -0.05) is 0 Å². The van der Waals surface area contributed by atoms with Gasteiger partial charge in [0.15, 0.2) is 5.96 Å². The fraction of sp³-hybridized carbons (Fsp3) is 0.667. The number of oxazole rings is 1. The van der Waals surface area contributed by atoms with Crippen LogP contribution >= 0.6 is 0 Å². The molecule has 0 bridgehead atoms. The van der Waals surface area contributed by atoms with Crippen molar-refractivity contribution in [3.05, 3.63) is 17.3 Å². The van der Waals surface area contributed by atoms with Gasteiger partial charge in [-0.3, -0.25) is 4.79 Å². The summed E-state index contributed by atoms with van der Waals surface area (Å²) in [6, 6.07) is 0. The van der Waals surface area contributed by atoms with E-state index in [1.165, 1.54) is 0 Å². The van der Waals surface area contributed by atoms with Crippen LogP contribution in [0.25, 0.3) is 0 Å². The van der Waals surface area contributed by atoms with Crippen molar-refractivity contribution < 1.29 is 9.21 Å². The molecule has 0 aromatic carbocycles. The Morgan fingerprint density at radius 3 is 2.59 bits per heavy atom. The molecule has 3 N–H and O–H groups in total. The summed E-state index contributed by atoms with van der Waals surface area (Å²) in [7, 11) is 0. The first kappa shape index (κ1) is 16.3. The van der Waals surface area contributed by atoms with E-state index in [0.29, 0.717) is 31.5 Å². The molecule has 1 fully saturated rings. The molecule has 22 heavy (non-hydrogen) atoms. The molecule has 1 aliphatic carbocycles. The summed E-state index contributed by atoms with van der Waals surface area (Å²) in [5, 5.41) is 9.25. The van der Waals surface area contributed by atoms with E-state index in [9.17, 15) is 4.79 Å². The molecule has 7 nitrogen and oxygen atoms in total. The third-order valence-corrected chi connectivity index (χ3v) is 3.45. The highest BCUT2D eigenvalue weighted by Gasteiger charge is 2.28. The minimum atomic E-state index is 0.162. The number of aliphatic imine (C=N–C) groups is 1. The Kier molecular flexibility index (Phi) is 5.80. The van der Waals surface area contributed by atoms with Gasteiger partial charge in [0.1, 0.15) is 12.3 Å². The van der Waals surface area contributed by atoms with E-state index in [0.717, 1.165) is 30.8 Å². The Morgan fingerprint density at radius 2 is 2.00 bits per heavy atom.